The molecule has 7 heteroatoms. The zero-order valence-electron chi connectivity index (χ0n) is 12.8. The van der Waals surface area contributed by atoms with E-state index in [0.717, 1.165) is 12.8 Å². The van der Waals surface area contributed by atoms with Gasteiger partial charge in [0.2, 0.25) is 11.5 Å². The van der Waals surface area contributed by atoms with Crippen LogP contribution in [0.2, 0.25) is 5.15 Å². The van der Waals surface area contributed by atoms with Crippen LogP contribution in [0.3, 0.4) is 0 Å². The van der Waals surface area contributed by atoms with E-state index < -0.39 is 5.97 Å². The number of aromatic nitrogens is 2. The molecule has 3 rings (SSSR count). The van der Waals surface area contributed by atoms with Gasteiger partial charge in [-0.3, -0.25) is 4.79 Å². The predicted molar refractivity (Wildman–Crippen MR) is 81.9 cm³/mol. The van der Waals surface area contributed by atoms with E-state index in [1.165, 1.54) is 6.07 Å². The summed E-state index contributed by atoms with van der Waals surface area (Å²) in [5.74, 6) is -0.429. The highest BCUT2D eigenvalue weighted by Crippen LogP contribution is 2.43. The fourth-order valence-electron chi connectivity index (χ4n) is 2.39. The minimum atomic E-state index is -0.661. The third-order valence-corrected chi connectivity index (χ3v) is 3.87. The van der Waals surface area contributed by atoms with Crippen molar-refractivity contribution in [2.45, 2.75) is 32.6 Å². The zero-order valence-corrected chi connectivity index (χ0v) is 13.5. The van der Waals surface area contributed by atoms with Gasteiger partial charge in [0, 0.05) is 11.5 Å². The molecule has 0 atom stereocenters. The Kier molecular flexibility index (Phi) is 4.17. The van der Waals surface area contributed by atoms with Gasteiger partial charge in [-0.1, -0.05) is 16.8 Å². The number of nitrogens with zero attached hydrogens (tertiary/aromatic N) is 2. The van der Waals surface area contributed by atoms with Crippen molar-refractivity contribution in [1.82, 2.24) is 10.1 Å². The lowest BCUT2D eigenvalue weighted by Gasteiger charge is -2.06. The van der Waals surface area contributed by atoms with Crippen LogP contribution in [0.4, 0.5) is 0 Å². The SMILES string of the molecule is CCOC(=O)c1noc(C2CC2)c1C(=O)c1ccc(Cl)nc1C. The standard InChI is InChI=1S/C16H15ClN2O4/c1-3-22-16(21)13-12(15(23-19-13)9-4-5-9)14(20)10-6-7-11(17)18-8(10)2/h6-7,9H,3-5H2,1-2H3. The van der Waals surface area contributed by atoms with Crippen LogP contribution in [0.25, 0.3) is 0 Å². The Morgan fingerprint density at radius 3 is 2.74 bits per heavy atom. The first kappa shape index (κ1) is 15.7. The number of carbonyl (C=O) groups excluding carboxylic acids is 2. The molecule has 0 N–H and O–H groups in total. The molecule has 0 aliphatic heterocycles. The second-order valence-electron chi connectivity index (χ2n) is 5.36. The first-order valence-corrected chi connectivity index (χ1v) is 7.75. The number of hydrogen-bond acceptors (Lipinski definition) is 6. The van der Waals surface area contributed by atoms with Crippen molar-refractivity contribution in [1.29, 1.82) is 0 Å². The normalized spacial score (nSPS) is 13.9. The summed E-state index contributed by atoms with van der Waals surface area (Å²) in [5.41, 5.74) is 0.955. The molecule has 0 saturated heterocycles. The van der Waals surface area contributed by atoms with Gasteiger partial charge in [0.05, 0.1) is 12.3 Å². The Morgan fingerprint density at radius 1 is 1.39 bits per heavy atom. The van der Waals surface area contributed by atoms with E-state index in [2.05, 4.69) is 10.1 Å². The van der Waals surface area contributed by atoms with Crippen LogP contribution in [0.1, 0.15) is 63.5 Å². The van der Waals surface area contributed by atoms with Gasteiger partial charge in [0.15, 0.2) is 5.76 Å². The predicted octanol–water partition coefficient (Wildman–Crippen LogP) is 3.32. The molecule has 0 spiro atoms. The molecule has 1 aliphatic rings. The van der Waals surface area contributed by atoms with Crippen molar-refractivity contribution in [2.75, 3.05) is 6.61 Å². The Morgan fingerprint density at radius 2 is 2.13 bits per heavy atom. The molecule has 1 aliphatic carbocycles. The third kappa shape index (κ3) is 2.99. The first-order chi connectivity index (χ1) is 11.0. The number of rotatable bonds is 5. The fourth-order valence-corrected chi connectivity index (χ4v) is 2.58. The van der Waals surface area contributed by atoms with Crippen LogP contribution < -0.4 is 0 Å². The van der Waals surface area contributed by atoms with Crippen molar-refractivity contribution in [3.05, 3.63) is 45.6 Å². The molecule has 120 valence electrons. The Hall–Kier alpha value is -2.21. The highest BCUT2D eigenvalue weighted by atomic mass is 35.5. The lowest BCUT2D eigenvalue weighted by atomic mass is 9.98. The molecule has 2 aromatic heterocycles. The molecule has 2 heterocycles. The van der Waals surface area contributed by atoms with Crippen molar-refractivity contribution >= 4 is 23.4 Å². The molecule has 0 radical (unpaired) electrons. The number of ether oxygens (including phenoxy) is 1. The van der Waals surface area contributed by atoms with E-state index in [0.29, 0.717) is 22.2 Å². The van der Waals surface area contributed by atoms with Gasteiger partial charge in [-0.25, -0.2) is 9.78 Å². The van der Waals surface area contributed by atoms with Crippen molar-refractivity contribution < 1.29 is 18.8 Å². The molecule has 1 saturated carbocycles. The van der Waals surface area contributed by atoms with E-state index in [1.807, 2.05) is 0 Å². The lowest BCUT2D eigenvalue weighted by molar-refractivity contribution is 0.0512. The minimum absolute atomic E-state index is 0.0758. The molecule has 1 fully saturated rings. The number of halogens is 1. The van der Waals surface area contributed by atoms with Crippen LogP contribution in [0, 0.1) is 6.92 Å². The molecular formula is C16H15ClN2O4. The summed E-state index contributed by atoms with van der Waals surface area (Å²) < 4.78 is 10.2. The number of esters is 1. The molecule has 6 nitrogen and oxygen atoms in total. The quantitative estimate of drug-likeness (QED) is 0.474. The zero-order chi connectivity index (χ0) is 16.6. The summed E-state index contributed by atoms with van der Waals surface area (Å²) in [6.07, 6.45) is 1.82. The summed E-state index contributed by atoms with van der Waals surface area (Å²) >= 11 is 5.83. The highest BCUT2D eigenvalue weighted by molar-refractivity contribution is 6.29. The summed E-state index contributed by atoms with van der Waals surface area (Å²) in [5, 5.41) is 4.08. The molecular weight excluding hydrogens is 320 g/mol. The first-order valence-electron chi connectivity index (χ1n) is 7.37. The second-order valence-corrected chi connectivity index (χ2v) is 5.75. The number of ketones is 1. The largest absolute Gasteiger partial charge is 0.461 e. The molecule has 23 heavy (non-hydrogen) atoms. The van der Waals surface area contributed by atoms with Gasteiger partial charge in [-0.05, 0) is 38.8 Å². The van der Waals surface area contributed by atoms with E-state index in [4.69, 9.17) is 20.9 Å². The maximum atomic E-state index is 12.9. The highest BCUT2D eigenvalue weighted by Gasteiger charge is 2.37. The van der Waals surface area contributed by atoms with Crippen molar-refractivity contribution in [3.8, 4) is 0 Å². The Balaban J connectivity index is 2.07. The minimum Gasteiger partial charge on any atom is -0.461 e. The topological polar surface area (TPSA) is 82.3 Å². The smallest absolute Gasteiger partial charge is 0.361 e. The number of pyridine rings is 1. The Labute approximate surface area is 137 Å². The van der Waals surface area contributed by atoms with Crippen LogP contribution in [0.5, 0.6) is 0 Å². The van der Waals surface area contributed by atoms with Crippen LogP contribution in [0.15, 0.2) is 16.7 Å². The summed E-state index contributed by atoms with van der Waals surface area (Å²) in [4.78, 5) is 29.1. The number of carbonyl (C=O) groups is 2. The van der Waals surface area contributed by atoms with Gasteiger partial charge in [0.1, 0.15) is 10.7 Å². The van der Waals surface area contributed by atoms with Gasteiger partial charge in [0.25, 0.3) is 0 Å². The summed E-state index contributed by atoms with van der Waals surface area (Å²) in [7, 11) is 0. The van der Waals surface area contributed by atoms with E-state index in [-0.39, 0.29) is 29.6 Å². The van der Waals surface area contributed by atoms with E-state index in [1.54, 1.807) is 19.9 Å². The summed E-state index contributed by atoms with van der Waals surface area (Å²) in [6.45, 7) is 3.57. The molecule has 0 aromatic carbocycles. The molecule has 2 aromatic rings. The van der Waals surface area contributed by atoms with E-state index in [9.17, 15) is 9.59 Å². The monoisotopic (exact) mass is 334 g/mol. The van der Waals surface area contributed by atoms with Crippen molar-refractivity contribution in [3.63, 3.8) is 0 Å². The van der Waals surface area contributed by atoms with Gasteiger partial charge in [-0.2, -0.15) is 0 Å². The molecule has 0 bridgehead atoms. The van der Waals surface area contributed by atoms with Crippen LogP contribution >= 0.6 is 11.6 Å². The maximum Gasteiger partial charge on any atom is 0.361 e. The average molecular weight is 335 g/mol. The van der Waals surface area contributed by atoms with Crippen molar-refractivity contribution in [2.24, 2.45) is 0 Å². The fraction of sp³-hybridized carbons (Fsp3) is 0.375. The van der Waals surface area contributed by atoms with Gasteiger partial charge < -0.3 is 9.26 Å². The number of hydrogen-bond donors (Lipinski definition) is 0. The lowest BCUT2D eigenvalue weighted by Crippen LogP contribution is -2.14. The van der Waals surface area contributed by atoms with E-state index >= 15 is 0 Å². The number of aryl methyl sites for hydroxylation is 1. The molecule has 0 unspecified atom stereocenters. The second kappa shape index (κ2) is 6.12. The summed E-state index contributed by atoms with van der Waals surface area (Å²) in [6, 6.07) is 3.13. The maximum absolute atomic E-state index is 12.9. The Bertz CT molecular complexity index is 780. The van der Waals surface area contributed by atoms with Crippen LogP contribution in [-0.4, -0.2) is 28.5 Å². The average Bonchev–Trinajstić information content (AvgIpc) is 3.25. The molecule has 0 amide bonds. The third-order valence-electron chi connectivity index (χ3n) is 3.66. The van der Waals surface area contributed by atoms with Crippen LogP contribution in [-0.2, 0) is 4.74 Å². The van der Waals surface area contributed by atoms with Gasteiger partial charge >= 0.3 is 5.97 Å². The van der Waals surface area contributed by atoms with Gasteiger partial charge in [-0.15, -0.1) is 0 Å².